The Labute approximate surface area is 167 Å². The number of benzene rings is 1. The molecule has 1 aromatic heterocycles. The van der Waals surface area contributed by atoms with E-state index < -0.39 is 0 Å². The molecule has 1 aliphatic carbocycles. The minimum atomic E-state index is 0.384. The van der Waals surface area contributed by atoms with Crippen LogP contribution in [-0.2, 0) is 13.0 Å². The highest BCUT2D eigenvalue weighted by molar-refractivity contribution is 6.30. The normalized spacial score (nSPS) is 17.9. The first-order valence-corrected chi connectivity index (χ1v) is 10.6. The van der Waals surface area contributed by atoms with Gasteiger partial charge in [0.25, 0.3) is 0 Å². The summed E-state index contributed by atoms with van der Waals surface area (Å²) in [4.78, 5) is 12.1. The number of anilines is 2. The van der Waals surface area contributed by atoms with Crippen molar-refractivity contribution in [2.45, 2.75) is 70.9 Å². The molecular formula is C22H29ClN4. The van der Waals surface area contributed by atoms with Gasteiger partial charge >= 0.3 is 0 Å². The molecule has 0 amide bonds. The minimum absolute atomic E-state index is 0.384. The number of rotatable bonds is 4. The maximum absolute atomic E-state index is 6.16. The number of nitrogens with one attached hydrogen (secondary N) is 1. The summed E-state index contributed by atoms with van der Waals surface area (Å²) in [6.07, 6.45) is 7.42. The first-order chi connectivity index (χ1) is 13.1. The van der Waals surface area contributed by atoms with Crippen molar-refractivity contribution in [2.24, 2.45) is 0 Å². The Hall–Kier alpha value is -1.81. The van der Waals surface area contributed by atoms with Crippen LogP contribution in [0.3, 0.4) is 0 Å². The van der Waals surface area contributed by atoms with Gasteiger partial charge in [0.1, 0.15) is 5.82 Å². The number of fused-ring (bicyclic) bond motifs is 1. The van der Waals surface area contributed by atoms with Gasteiger partial charge < -0.3 is 10.2 Å². The minimum Gasteiger partial charge on any atom is -0.352 e. The number of hydrogen-bond donors (Lipinski definition) is 1. The first kappa shape index (κ1) is 18.5. The molecule has 0 atom stereocenters. The van der Waals surface area contributed by atoms with Crippen molar-refractivity contribution in [3.63, 3.8) is 0 Å². The summed E-state index contributed by atoms with van der Waals surface area (Å²) in [5.74, 6) is 2.21. The van der Waals surface area contributed by atoms with Crippen LogP contribution in [-0.4, -0.2) is 22.6 Å². The molecule has 1 fully saturated rings. The largest absolute Gasteiger partial charge is 0.352 e. The summed E-state index contributed by atoms with van der Waals surface area (Å²) in [5, 5.41) is 4.44. The van der Waals surface area contributed by atoms with Crippen LogP contribution in [0.4, 0.5) is 11.8 Å². The van der Waals surface area contributed by atoms with Crippen LogP contribution in [0.5, 0.6) is 0 Å². The standard InChI is InChI=1S/C22H29ClN4/c1-15(2)20-13-21(26-22(25-20)24-19-6-4-3-5-7-19)27-11-10-16-12-18(23)9-8-17(16)14-27/h8-9,12-13,15,19H,3-7,10-11,14H2,1-2H3,(H,24,25,26). The summed E-state index contributed by atoms with van der Waals surface area (Å²) in [6, 6.07) is 8.91. The second-order valence-corrected chi connectivity index (χ2v) is 8.63. The lowest BCUT2D eigenvalue weighted by Gasteiger charge is -2.31. The lowest BCUT2D eigenvalue weighted by molar-refractivity contribution is 0.460. The second kappa shape index (κ2) is 8.05. The third kappa shape index (κ3) is 4.37. The van der Waals surface area contributed by atoms with Crippen LogP contribution < -0.4 is 10.2 Å². The van der Waals surface area contributed by atoms with E-state index in [-0.39, 0.29) is 0 Å². The molecule has 0 radical (unpaired) electrons. The van der Waals surface area contributed by atoms with E-state index in [1.54, 1.807) is 0 Å². The lowest BCUT2D eigenvalue weighted by Crippen LogP contribution is -2.32. The molecule has 0 saturated heterocycles. The average Bonchev–Trinajstić information content (AvgIpc) is 2.68. The summed E-state index contributed by atoms with van der Waals surface area (Å²) < 4.78 is 0. The summed E-state index contributed by atoms with van der Waals surface area (Å²) in [6.45, 7) is 6.24. The fraction of sp³-hybridized carbons (Fsp3) is 0.545. The number of hydrogen-bond acceptors (Lipinski definition) is 4. The summed E-state index contributed by atoms with van der Waals surface area (Å²) >= 11 is 6.16. The Kier molecular flexibility index (Phi) is 5.53. The molecule has 1 aliphatic heterocycles. The Morgan fingerprint density at radius 1 is 1.07 bits per heavy atom. The van der Waals surface area contributed by atoms with Gasteiger partial charge in [-0.25, -0.2) is 4.98 Å². The maximum Gasteiger partial charge on any atom is 0.225 e. The van der Waals surface area contributed by atoms with Crippen molar-refractivity contribution < 1.29 is 0 Å². The Morgan fingerprint density at radius 2 is 1.89 bits per heavy atom. The molecule has 4 rings (SSSR count). The van der Waals surface area contributed by atoms with Crippen molar-refractivity contribution in [1.29, 1.82) is 0 Å². The number of aromatic nitrogens is 2. The molecule has 2 heterocycles. The van der Waals surface area contributed by atoms with Crippen LogP contribution >= 0.6 is 11.6 Å². The van der Waals surface area contributed by atoms with Crippen molar-refractivity contribution in [2.75, 3.05) is 16.8 Å². The van der Waals surface area contributed by atoms with E-state index in [0.29, 0.717) is 12.0 Å². The van der Waals surface area contributed by atoms with E-state index in [9.17, 15) is 0 Å². The van der Waals surface area contributed by atoms with Gasteiger partial charge in [-0.3, -0.25) is 0 Å². The van der Waals surface area contributed by atoms with Crippen LogP contribution in [0.25, 0.3) is 0 Å². The van der Waals surface area contributed by atoms with E-state index >= 15 is 0 Å². The molecule has 1 aromatic carbocycles. The highest BCUT2D eigenvalue weighted by atomic mass is 35.5. The second-order valence-electron chi connectivity index (χ2n) is 8.19. The molecule has 1 saturated carbocycles. The van der Waals surface area contributed by atoms with Gasteiger partial charge in [-0.15, -0.1) is 0 Å². The maximum atomic E-state index is 6.16. The van der Waals surface area contributed by atoms with Crippen LogP contribution in [0, 0.1) is 0 Å². The summed E-state index contributed by atoms with van der Waals surface area (Å²) in [5.41, 5.74) is 3.81. The molecular weight excluding hydrogens is 356 g/mol. The molecule has 0 unspecified atom stereocenters. The van der Waals surface area contributed by atoms with Gasteiger partial charge in [0.05, 0.1) is 5.69 Å². The Bertz CT molecular complexity index is 799. The highest BCUT2D eigenvalue weighted by Gasteiger charge is 2.21. The van der Waals surface area contributed by atoms with Crippen molar-refractivity contribution in [3.05, 3.63) is 46.1 Å². The van der Waals surface area contributed by atoms with Crippen molar-refractivity contribution in [3.8, 4) is 0 Å². The number of halogens is 1. The van der Waals surface area contributed by atoms with Gasteiger partial charge in [-0.05, 0) is 48.4 Å². The Balaban J connectivity index is 1.58. The Morgan fingerprint density at radius 3 is 2.67 bits per heavy atom. The SMILES string of the molecule is CC(C)c1cc(N2CCc3cc(Cl)ccc3C2)nc(NC2CCCCC2)n1. The molecule has 4 nitrogen and oxygen atoms in total. The zero-order valence-electron chi connectivity index (χ0n) is 16.3. The predicted octanol–water partition coefficient (Wildman–Crippen LogP) is 5.56. The predicted molar refractivity (Wildman–Crippen MR) is 113 cm³/mol. The van der Waals surface area contributed by atoms with Gasteiger partial charge in [0.2, 0.25) is 5.95 Å². The van der Waals surface area contributed by atoms with Gasteiger partial charge in [-0.1, -0.05) is 50.8 Å². The van der Waals surface area contributed by atoms with Crippen LogP contribution in [0.2, 0.25) is 5.02 Å². The van der Waals surface area contributed by atoms with E-state index in [1.807, 2.05) is 6.07 Å². The molecule has 5 heteroatoms. The smallest absolute Gasteiger partial charge is 0.225 e. The topological polar surface area (TPSA) is 41.1 Å². The van der Waals surface area contributed by atoms with Gasteiger partial charge in [-0.2, -0.15) is 4.98 Å². The fourth-order valence-corrected chi connectivity index (χ4v) is 4.32. The molecule has 0 bridgehead atoms. The van der Waals surface area contributed by atoms with E-state index in [0.717, 1.165) is 42.0 Å². The van der Waals surface area contributed by atoms with E-state index in [4.69, 9.17) is 21.6 Å². The van der Waals surface area contributed by atoms with E-state index in [2.05, 4.69) is 42.3 Å². The fourth-order valence-electron chi connectivity index (χ4n) is 4.12. The van der Waals surface area contributed by atoms with Crippen LogP contribution in [0.1, 0.15) is 68.7 Å². The van der Waals surface area contributed by atoms with Crippen LogP contribution in [0.15, 0.2) is 24.3 Å². The zero-order chi connectivity index (χ0) is 18.8. The monoisotopic (exact) mass is 384 g/mol. The quantitative estimate of drug-likeness (QED) is 0.749. The zero-order valence-corrected chi connectivity index (χ0v) is 17.1. The van der Waals surface area contributed by atoms with Crippen molar-refractivity contribution in [1.82, 2.24) is 9.97 Å². The van der Waals surface area contributed by atoms with E-state index in [1.165, 1.54) is 43.2 Å². The molecule has 0 spiro atoms. The molecule has 1 N–H and O–H groups in total. The van der Waals surface area contributed by atoms with Crippen molar-refractivity contribution >= 4 is 23.4 Å². The third-order valence-electron chi connectivity index (χ3n) is 5.77. The third-order valence-corrected chi connectivity index (χ3v) is 6.00. The van der Waals surface area contributed by atoms with Gasteiger partial charge in [0.15, 0.2) is 0 Å². The number of nitrogens with zero attached hydrogens (tertiary/aromatic N) is 3. The average molecular weight is 385 g/mol. The summed E-state index contributed by atoms with van der Waals surface area (Å²) in [7, 11) is 0. The molecule has 2 aliphatic rings. The lowest BCUT2D eigenvalue weighted by atomic mass is 9.96. The van der Waals surface area contributed by atoms with Gasteiger partial charge in [0, 0.05) is 30.2 Å². The first-order valence-electron chi connectivity index (χ1n) is 10.3. The molecule has 2 aromatic rings. The highest BCUT2D eigenvalue weighted by Crippen LogP contribution is 2.28. The molecule has 144 valence electrons. The molecule has 27 heavy (non-hydrogen) atoms.